The van der Waals surface area contributed by atoms with Gasteiger partial charge in [-0.15, -0.1) is 0 Å². The second-order valence-electron chi connectivity index (χ2n) is 4.89. The van der Waals surface area contributed by atoms with Crippen LogP contribution in [0.25, 0.3) is 0 Å². The Morgan fingerprint density at radius 2 is 2.14 bits per heavy atom. The average molecular weight is 289 g/mol. The number of rotatable bonds is 7. The number of halogens is 1. The van der Waals surface area contributed by atoms with Crippen LogP contribution < -0.4 is 15.4 Å². The van der Waals surface area contributed by atoms with Crippen molar-refractivity contribution in [3.8, 4) is 5.75 Å². The smallest absolute Gasteiger partial charge is 0.137 e. The maximum atomic E-state index is 13.1. The van der Waals surface area contributed by atoms with Crippen molar-refractivity contribution in [2.45, 2.75) is 13.0 Å². The van der Waals surface area contributed by atoms with Gasteiger partial charge in [0.2, 0.25) is 0 Å². The fourth-order valence-corrected chi connectivity index (χ4v) is 1.89. The molecule has 112 valence electrons. The van der Waals surface area contributed by atoms with Gasteiger partial charge in [0.15, 0.2) is 0 Å². The van der Waals surface area contributed by atoms with Crippen molar-refractivity contribution in [3.05, 3.63) is 54.1 Å². The molecule has 4 nitrogen and oxygen atoms in total. The third-order valence-electron chi connectivity index (χ3n) is 3.09. The van der Waals surface area contributed by atoms with Crippen molar-refractivity contribution in [3.63, 3.8) is 0 Å². The number of benzene rings is 1. The zero-order chi connectivity index (χ0) is 15.1. The lowest BCUT2D eigenvalue weighted by Crippen LogP contribution is -2.38. The summed E-state index contributed by atoms with van der Waals surface area (Å²) in [6, 6.07) is 8.46. The number of nitrogens with one attached hydrogen (secondary N) is 2. The molecule has 1 atom stereocenters. The molecule has 0 radical (unpaired) electrons. The topological polar surface area (TPSA) is 46.2 Å². The van der Waals surface area contributed by atoms with Gasteiger partial charge in [0.25, 0.3) is 0 Å². The minimum atomic E-state index is -0.247. The van der Waals surface area contributed by atoms with Crippen molar-refractivity contribution >= 4 is 5.69 Å². The van der Waals surface area contributed by atoms with E-state index in [-0.39, 0.29) is 11.9 Å². The van der Waals surface area contributed by atoms with Crippen LogP contribution in [0, 0.1) is 12.7 Å². The lowest BCUT2D eigenvalue weighted by atomic mass is 10.2. The first-order chi connectivity index (χ1) is 10.2. The second kappa shape index (κ2) is 7.59. The molecule has 2 rings (SSSR count). The van der Waals surface area contributed by atoms with Gasteiger partial charge in [0, 0.05) is 18.4 Å². The van der Waals surface area contributed by atoms with Gasteiger partial charge in [-0.05, 0) is 43.8 Å². The highest BCUT2D eigenvalue weighted by atomic mass is 19.1. The first kappa shape index (κ1) is 15.3. The van der Waals surface area contributed by atoms with E-state index in [1.807, 2.05) is 26.1 Å². The Balaban J connectivity index is 1.83. The summed E-state index contributed by atoms with van der Waals surface area (Å²) in [6.45, 7) is 3.12. The van der Waals surface area contributed by atoms with Gasteiger partial charge in [0.1, 0.15) is 18.2 Å². The molecule has 0 fully saturated rings. The summed E-state index contributed by atoms with van der Waals surface area (Å²) in [5.41, 5.74) is 1.82. The Hall–Kier alpha value is -2.14. The van der Waals surface area contributed by atoms with Crippen LogP contribution in [-0.2, 0) is 0 Å². The van der Waals surface area contributed by atoms with Crippen LogP contribution in [-0.4, -0.2) is 31.2 Å². The van der Waals surface area contributed by atoms with Gasteiger partial charge in [-0.3, -0.25) is 4.98 Å². The van der Waals surface area contributed by atoms with Crippen molar-refractivity contribution in [2.24, 2.45) is 0 Å². The third kappa shape index (κ3) is 5.04. The van der Waals surface area contributed by atoms with Crippen LogP contribution in [0.2, 0.25) is 0 Å². The van der Waals surface area contributed by atoms with E-state index in [0.717, 1.165) is 17.0 Å². The number of aromatic nitrogens is 1. The van der Waals surface area contributed by atoms with E-state index in [2.05, 4.69) is 15.6 Å². The molecule has 2 N–H and O–H groups in total. The molecule has 21 heavy (non-hydrogen) atoms. The zero-order valence-corrected chi connectivity index (χ0v) is 12.3. The minimum absolute atomic E-state index is 0.105. The monoisotopic (exact) mass is 289 g/mol. The summed E-state index contributed by atoms with van der Waals surface area (Å²) in [4.78, 5) is 4.09. The number of likely N-dealkylation sites (N-methyl/N-ethyl adjacent to an activating group) is 1. The van der Waals surface area contributed by atoms with Crippen LogP contribution >= 0.6 is 0 Å². The average Bonchev–Trinajstić information content (AvgIpc) is 2.47. The third-order valence-corrected chi connectivity index (χ3v) is 3.09. The van der Waals surface area contributed by atoms with Gasteiger partial charge in [-0.25, -0.2) is 4.39 Å². The highest BCUT2D eigenvalue weighted by Gasteiger charge is 2.07. The number of pyridine rings is 1. The summed E-state index contributed by atoms with van der Waals surface area (Å²) in [7, 11) is 1.87. The lowest BCUT2D eigenvalue weighted by Gasteiger charge is -2.18. The van der Waals surface area contributed by atoms with E-state index in [0.29, 0.717) is 13.2 Å². The van der Waals surface area contributed by atoms with Crippen LogP contribution in [0.1, 0.15) is 5.56 Å². The Bertz CT molecular complexity index is 527. The van der Waals surface area contributed by atoms with Gasteiger partial charge in [-0.1, -0.05) is 6.07 Å². The summed E-state index contributed by atoms with van der Waals surface area (Å²) in [6.07, 6.45) is 3.48. The Labute approximate surface area is 124 Å². The number of ether oxygens (including phenoxy) is 1. The molecule has 0 amide bonds. The standard InChI is InChI=1S/C16H20FN3O/c1-12-6-16(10-19-8-12)21-11-15(18-2)9-20-14-5-3-4-13(17)7-14/h3-8,10,15,18,20H,9,11H2,1-2H3. The first-order valence-electron chi connectivity index (χ1n) is 6.88. The molecule has 2 aromatic rings. The van der Waals surface area contributed by atoms with Gasteiger partial charge in [-0.2, -0.15) is 0 Å². The largest absolute Gasteiger partial charge is 0.490 e. The van der Waals surface area contributed by atoms with E-state index in [9.17, 15) is 4.39 Å². The maximum absolute atomic E-state index is 13.1. The van der Waals surface area contributed by atoms with E-state index >= 15 is 0 Å². The predicted octanol–water partition coefficient (Wildman–Crippen LogP) is 2.61. The number of hydrogen-bond donors (Lipinski definition) is 2. The molecule has 0 aliphatic carbocycles. The van der Waals surface area contributed by atoms with Crippen molar-refractivity contribution in [1.82, 2.24) is 10.3 Å². The van der Waals surface area contributed by atoms with E-state index in [1.165, 1.54) is 12.1 Å². The quantitative estimate of drug-likeness (QED) is 0.822. The van der Waals surface area contributed by atoms with Crippen molar-refractivity contribution < 1.29 is 9.13 Å². The predicted molar refractivity (Wildman–Crippen MR) is 82.2 cm³/mol. The molecule has 0 saturated heterocycles. The molecule has 5 heteroatoms. The molecule has 0 bridgehead atoms. The molecule has 1 aromatic carbocycles. The molecular formula is C16H20FN3O. The molecule has 1 heterocycles. The van der Waals surface area contributed by atoms with Gasteiger partial charge < -0.3 is 15.4 Å². The van der Waals surface area contributed by atoms with E-state index in [1.54, 1.807) is 18.5 Å². The Morgan fingerprint density at radius 3 is 2.86 bits per heavy atom. The molecular weight excluding hydrogens is 269 g/mol. The number of anilines is 1. The summed E-state index contributed by atoms with van der Waals surface area (Å²) >= 11 is 0. The van der Waals surface area contributed by atoms with Crippen molar-refractivity contribution in [1.29, 1.82) is 0 Å². The van der Waals surface area contributed by atoms with Gasteiger partial charge >= 0.3 is 0 Å². The van der Waals surface area contributed by atoms with Crippen molar-refractivity contribution in [2.75, 3.05) is 25.5 Å². The summed E-state index contributed by atoms with van der Waals surface area (Å²) < 4.78 is 18.8. The highest BCUT2D eigenvalue weighted by Crippen LogP contribution is 2.11. The number of nitrogens with zero attached hydrogens (tertiary/aromatic N) is 1. The second-order valence-corrected chi connectivity index (χ2v) is 4.89. The number of aryl methyl sites for hydroxylation is 1. The molecule has 0 aliphatic rings. The molecule has 0 spiro atoms. The Morgan fingerprint density at radius 1 is 1.29 bits per heavy atom. The summed E-state index contributed by atoms with van der Waals surface area (Å²) in [5.74, 6) is 0.504. The minimum Gasteiger partial charge on any atom is -0.490 e. The molecule has 0 saturated carbocycles. The SMILES string of the molecule is CNC(CNc1cccc(F)c1)COc1cncc(C)c1. The fraction of sp³-hybridized carbons (Fsp3) is 0.312. The van der Waals surface area contributed by atoms with Crippen LogP contribution in [0.5, 0.6) is 5.75 Å². The molecule has 1 unspecified atom stereocenters. The fourth-order valence-electron chi connectivity index (χ4n) is 1.89. The number of hydrogen-bond acceptors (Lipinski definition) is 4. The van der Waals surface area contributed by atoms with Gasteiger partial charge in [0.05, 0.1) is 12.2 Å². The van der Waals surface area contributed by atoms with E-state index < -0.39 is 0 Å². The normalized spacial score (nSPS) is 12.0. The van der Waals surface area contributed by atoms with Crippen LogP contribution in [0.15, 0.2) is 42.7 Å². The summed E-state index contributed by atoms with van der Waals surface area (Å²) in [5, 5.41) is 6.36. The van der Waals surface area contributed by atoms with Crippen LogP contribution in [0.4, 0.5) is 10.1 Å². The molecule has 1 aromatic heterocycles. The lowest BCUT2D eigenvalue weighted by molar-refractivity contribution is 0.275. The zero-order valence-electron chi connectivity index (χ0n) is 12.3. The maximum Gasteiger partial charge on any atom is 0.137 e. The Kier molecular flexibility index (Phi) is 5.51. The first-order valence-corrected chi connectivity index (χ1v) is 6.88. The van der Waals surface area contributed by atoms with E-state index in [4.69, 9.17) is 4.74 Å². The van der Waals surface area contributed by atoms with Crippen LogP contribution in [0.3, 0.4) is 0 Å². The molecule has 0 aliphatic heterocycles. The highest BCUT2D eigenvalue weighted by molar-refractivity contribution is 5.43.